The maximum absolute atomic E-state index is 11.9. The lowest BCUT2D eigenvalue weighted by atomic mass is 10.2. The van der Waals surface area contributed by atoms with Gasteiger partial charge in [0.1, 0.15) is 17.1 Å². The molecule has 2 aromatic rings. The van der Waals surface area contributed by atoms with Gasteiger partial charge in [-0.25, -0.2) is 10.1 Å². The van der Waals surface area contributed by atoms with E-state index in [1.165, 1.54) is 12.1 Å². The average molecular weight is 294 g/mol. The molecule has 2 rings (SSSR count). The summed E-state index contributed by atoms with van der Waals surface area (Å²) >= 11 is 0.676. The smallest absolute Gasteiger partial charge is 0.347 e. The van der Waals surface area contributed by atoms with Gasteiger partial charge in [-0.3, -0.25) is 0 Å². The van der Waals surface area contributed by atoms with Crippen molar-refractivity contribution in [2.24, 2.45) is 0 Å². The summed E-state index contributed by atoms with van der Waals surface area (Å²) in [6.45, 7) is 0. The summed E-state index contributed by atoms with van der Waals surface area (Å²) in [5, 5.41) is 21.2. The van der Waals surface area contributed by atoms with Gasteiger partial charge < -0.3 is 9.84 Å². The minimum Gasteiger partial charge on any atom is -0.507 e. The Kier molecular flexibility index (Phi) is 4.97. The second kappa shape index (κ2) is 6.92. The van der Waals surface area contributed by atoms with E-state index in [-0.39, 0.29) is 17.1 Å². The van der Waals surface area contributed by atoms with Crippen LogP contribution in [0.4, 0.5) is 0 Å². The second-order valence-corrected chi connectivity index (χ2v) is 4.32. The van der Waals surface area contributed by atoms with Gasteiger partial charge in [-0.2, -0.15) is 0 Å². The standard InChI is InChI=1S/C13H10O6S/c14-10-6-2-1-5-9(10)13(15)17-11-7-3-4-8-12(11)20-19-18-16/h1-8,14,16H. The summed E-state index contributed by atoms with van der Waals surface area (Å²) in [6, 6.07) is 12.6. The minimum atomic E-state index is -0.707. The molecule has 0 saturated heterocycles. The van der Waals surface area contributed by atoms with Gasteiger partial charge in [0.15, 0.2) is 0 Å². The van der Waals surface area contributed by atoms with Crippen molar-refractivity contribution in [3.8, 4) is 11.5 Å². The zero-order valence-electron chi connectivity index (χ0n) is 10.1. The number of hydrogen-bond acceptors (Lipinski definition) is 7. The first-order chi connectivity index (χ1) is 9.72. The van der Waals surface area contributed by atoms with Gasteiger partial charge in [0.2, 0.25) is 0 Å². The molecule has 0 fully saturated rings. The molecule has 2 aromatic carbocycles. The van der Waals surface area contributed by atoms with Crippen molar-refractivity contribution in [1.82, 2.24) is 0 Å². The summed E-state index contributed by atoms with van der Waals surface area (Å²) in [5.74, 6) is -0.665. The highest BCUT2D eigenvalue weighted by Gasteiger charge is 2.15. The topological polar surface area (TPSA) is 85.2 Å². The van der Waals surface area contributed by atoms with Crippen LogP contribution in [0.3, 0.4) is 0 Å². The third kappa shape index (κ3) is 3.49. The molecule has 0 amide bonds. The molecule has 0 unspecified atom stereocenters. The fraction of sp³-hybridized carbons (Fsp3) is 0. The van der Waals surface area contributed by atoms with Crippen molar-refractivity contribution >= 4 is 18.0 Å². The van der Waals surface area contributed by atoms with E-state index in [9.17, 15) is 9.90 Å². The molecule has 0 aliphatic carbocycles. The first kappa shape index (κ1) is 14.4. The predicted octanol–water partition coefficient (Wildman–Crippen LogP) is 3.04. The van der Waals surface area contributed by atoms with E-state index >= 15 is 0 Å². The number of aromatic hydroxyl groups is 1. The van der Waals surface area contributed by atoms with E-state index < -0.39 is 5.97 Å². The van der Waals surface area contributed by atoms with Crippen LogP contribution in [0.1, 0.15) is 10.4 Å². The Bertz CT molecular complexity index is 601. The van der Waals surface area contributed by atoms with E-state index in [4.69, 9.17) is 9.99 Å². The molecule has 7 heteroatoms. The van der Waals surface area contributed by atoms with Crippen LogP contribution in [0, 0.1) is 0 Å². The SMILES string of the molecule is O=C(Oc1ccccc1SOOO)c1ccccc1O. The first-order valence-electron chi connectivity index (χ1n) is 5.46. The normalized spacial score (nSPS) is 10.2. The minimum absolute atomic E-state index is 0.0478. The Morgan fingerprint density at radius 2 is 1.75 bits per heavy atom. The van der Waals surface area contributed by atoms with Crippen molar-refractivity contribution in [2.45, 2.75) is 4.90 Å². The van der Waals surface area contributed by atoms with E-state index in [2.05, 4.69) is 9.37 Å². The molecule has 0 heterocycles. The van der Waals surface area contributed by atoms with Crippen LogP contribution in [-0.4, -0.2) is 16.3 Å². The zero-order chi connectivity index (χ0) is 14.4. The number of carbonyl (C=O) groups is 1. The van der Waals surface area contributed by atoms with Crippen LogP contribution < -0.4 is 4.74 Å². The Labute approximate surface area is 118 Å². The van der Waals surface area contributed by atoms with Crippen LogP contribution in [-0.2, 0) is 9.37 Å². The lowest BCUT2D eigenvalue weighted by Crippen LogP contribution is -2.09. The molecule has 0 aliphatic heterocycles. The van der Waals surface area contributed by atoms with Crippen LogP contribution in [0.2, 0.25) is 0 Å². The van der Waals surface area contributed by atoms with Gasteiger partial charge in [0.05, 0.1) is 16.9 Å². The number of phenolic OH excluding ortho intramolecular Hbond substituents is 1. The largest absolute Gasteiger partial charge is 0.507 e. The number of para-hydroxylation sites is 2. The molecule has 0 aliphatic rings. The molecule has 0 atom stereocenters. The summed E-state index contributed by atoms with van der Waals surface area (Å²) in [6.07, 6.45) is 0. The second-order valence-electron chi connectivity index (χ2n) is 3.58. The molecular weight excluding hydrogens is 284 g/mol. The van der Waals surface area contributed by atoms with Gasteiger partial charge in [0, 0.05) is 0 Å². The quantitative estimate of drug-likeness (QED) is 0.288. The van der Waals surface area contributed by atoms with Crippen LogP contribution in [0.5, 0.6) is 11.5 Å². The highest BCUT2D eigenvalue weighted by molar-refractivity contribution is 7.94. The number of rotatable bonds is 5. The number of phenols is 1. The summed E-state index contributed by atoms with van der Waals surface area (Å²) < 4.78 is 9.48. The number of carbonyl (C=O) groups excluding carboxylic acids is 1. The predicted molar refractivity (Wildman–Crippen MR) is 70.2 cm³/mol. The Morgan fingerprint density at radius 3 is 2.50 bits per heavy atom. The maximum atomic E-state index is 11.9. The Balaban J connectivity index is 2.18. The van der Waals surface area contributed by atoms with Crippen LogP contribution in [0.15, 0.2) is 53.4 Å². The van der Waals surface area contributed by atoms with E-state index in [0.29, 0.717) is 16.9 Å². The summed E-state index contributed by atoms with van der Waals surface area (Å²) in [5.41, 5.74) is 0.0478. The number of hydrogen-bond donors (Lipinski definition) is 2. The summed E-state index contributed by atoms with van der Waals surface area (Å²) in [7, 11) is 0. The molecule has 0 spiro atoms. The zero-order valence-corrected chi connectivity index (χ0v) is 10.9. The van der Waals surface area contributed by atoms with Gasteiger partial charge in [-0.05, 0) is 24.3 Å². The van der Waals surface area contributed by atoms with E-state index in [1.54, 1.807) is 36.4 Å². The van der Waals surface area contributed by atoms with E-state index in [1.807, 2.05) is 0 Å². The van der Waals surface area contributed by atoms with Gasteiger partial charge in [0.25, 0.3) is 0 Å². The van der Waals surface area contributed by atoms with Gasteiger partial charge in [-0.15, -0.1) is 4.33 Å². The van der Waals surface area contributed by atoms with Gasteiger partial charge in [-0.1, -0.05) is 29.3 Å². The molecule has 2 N–H and O–H groups in total. The van der Waals surface area contributed by atoms with Crippen molar-refractivity contribution in [2.75, 3.05) is 0 Å². The fourth-order valence-electron chi connectivity index (χ4n) is 1.46. The molecule has 0 bridgehead atoms. The van der Waals surface area contributed by atoms with Crippen molar-refractivity contribution in [1.29, 1.82) is 0 Å². The van der Waals surface area contributed by atoms with Crippen LogP contribution >= 0.6 is 12.0 Å². The lowest BCUT2D eigenvalue weighted by Gasteiger charge is -2.08. The molecule has 104 valence electrons. The highest BCUT2D eigenvalue weighted by Crippen LogP contribution is 2.30. The number of esters is 1. The molecule has 0 saturated carbocycles. The molecular formula is C13H10O6S. The third-order valence-corrected chi connectivity index (χ3v) is 2.98. The average Bonchev–Trinajstić information content (AvgIpc) is 2.46. The van der Waals surface area contributed by atoms with E-state index in [0.717, 1.165) is 0 Å². The molecule has 0 radical (unpaired) electrons. The van der Waals surface area contributed by atoms with Crippen molar-refractivity contribution < 1.29 is 29.3 Å². The number of ether oxygens (including phenoxy) is 1. The van der Waals surface area contributed by atoms with Crippen molar-refractivity contribution in [3.63, 3.8) is 0 Å². The monoisotopic (exact) mass is 294 g/mol. The molecule has 20 heavy (non-hydrogen) atoms. The molecule has 6 nitrogen and oxygen atoms in total. The molecule has 0 aromatic heterocycles. The third-order valence-electron chi connectivity index (χ3n) is 2.33. The van der Waals surface area contributed by atoms with Gasteiger partial charge >= 0.3 is 5.97 Å². The number of benzene rings is 2. The Hall–Kier alpha value is -2.06. The highest BCUT2D eigenvalue weighted by atomic mass is 32.2. The van der Waals surface area contributed by atoms with Crippen molar-refractivity contribution in [3.05, 3.63) is 54.1 Å². The fourth-order valence-corrected chi connectivity index (χ4v) is 1.89. The first-order valence-corrected chi connectivity index (χ1v) is 6.20. The summed E-state index contributed by atoms with van der Waals surface area (Å²) in [4.78, 5) is 12.4. The maximum Gasteiger partial charge on any atom is 0.347 e. The van der Waals surface area contributed by atoms with Crippen LogP contribution in [0.25, 0.3) is 0 Å². The Morgan fingerprint density at radius 1 is 1.05 bits per heavy atom. The lowest BCUT2D eigenvalue weighted by molar-refractivity contribution is -0.432.